The molecule has 0 bridgehead atoms. The lowest BCUT2D eigenvalue weighted by Crippen LogP contribution is -2.45. The summed E-state index contributed by atoms with van der Waals surface area (Å²) in [5, 5.41) is 20.3. The van der Waals surface area contributed by atoms with Gasteiger partial charge in [0.25, 0.3) is 0 Å². The van der Waals surface area contributed by atoms with Crippen molar-refractivity contribution in [2.45, 2.75) is 13.3 Å². The number of ketones is 4. The Morgan fingerprint density at radius 3 is 2.14 bits per heavy atom. The van der Waals surface area contributed by atoms with Gasteiger partial charge in [-0.2, -0.15) is 0 Å². The van der Waals surface area contributed by atoms with Gasteiger partial charge >= 0.3 is 0 Å². The maximum absolute atomic E-state index is 13.4. The lowest BCUT2D eigenvalue weighted by Gasteiger charge is -2.37. The van der Waals surface area contributed by atoms with Crippen molar-refractivity contribution in [3.8, 4) is 11.5 Å². The fraction of sp³-hybridized carbons (Fsp3) is 0.182. The first-order valence-corrected chi connectivity index (χ1v) is 8.84. The zero-order valence-electron chi connectivity index (χ0n) is 14.8. The molecule has 0 saturated heterocycles. The van der Waals surface area contributed by atoms with E-state index in [9.17, 15) is 29.4 Å². The van der Waals surface area contributed by atoms with Crippen molar-refractivity contribution in [2.75, 3.05) is 0 Å². The van der Waals surface area contributed by atoms with Crippen LogP contribution in [-0.4, -0.2) is 33.3 Å². The summed E-state index contributed by atoms with van der Waals surface area (Å²) in [5.41, 5.74) is -1.45. The third-order valence-corrected chi connectivity index (χ3v) is 6.26. The Balaban J connectivity index is 1.78. The van der Waals surface area contributed by atoms with Gasteiger partial charge in [-0.05, 0) is 25.5 Å². The number of phenolic OH excluding ortho intramolecular Hbond substituents is 2. The lowest BCUT2D eigenvalue weighted by atomic mass is 9.61. The number of hydrogen-bond acceptors (Lipinski definition) is 6. The van der Waals surface area contributed by atoms with E-state index in [1.54, 1.807) is 0 Å². The fourth-order valence-corrected chi connectivity index (χ4v) is 4.90. The summed E-state index contributed by atoms with van der Waals surface area (Å²) in [6.45, 7) is 1.50. The number of carbonyl (C=O) groups is 4. The molecule has 6 nitrogen and oxygen atoms in total. The quantitative estimate of drug-likeness (QED) is 0.734. The highest BCUT2D eigenvalue weighted by Crippen LogP contribution is 2.57. The third-order valence-electron chi connectivity index (χ3n) is 6.26. The minimum absolute atomic E-state index is 0.0103. The Morgan fingerprint density at radius 2 is 1.46 bits per heavy atom. The van der Waals surface area contributed by atoms with E-state index in [4.69, 9.17) is 0 Å². The maximum atomic E-state index is 13.4. The highest BCUT2D eigenvalue weighted by atomic mass is 16.3. The summed E-state index contributed by atoms with van der Waals surface area (Å²) < 4.78 is 0. The molecule has 2 aromatic carbocycles. The molecule has 0 amide bonds. The molecule has 0 fully saturated rings. The van der Waals surface area contributed by atoms with E-state index in [0.29, 0.717) is 0 Å². The van der Waals surface area contributed by atoms with Crippen LogP contribution in [0, 0.1) is 11.3 Å². The van der Waals surface area contributed by atoms with Crippen molar-refractivity contribution in [1.29, 1.82) is 0 Å². The Bertz CT molecular complexity index is 1200. The first-order valence-electron chi connectivity index (χ1n) is 8.84. The van der Waals surface area contributed by atoms with Gasteiger partial charge in [0.1, 0.15) is 11.5 Å². The van der Waals surface area contributed by atoms with Crippen molar-refractivity contribution in [2.24, 2.45) is 11.3 Å². The number of aromatic hydroxyl groups is 2. The van der Waals surface area contributed by atoms with Crippen molar-refractivity contribution >= 4 is 23.1 Å². The average molecular weight is 374 g/mol. The number of Topliss-reactive ketones (excluding diaryl/α,β-unsaturated/α-hetero) is 4. The van der Waals surface area contributed by atoms with Crippen LogP contribution < -0.4 is 0 Å². The lowest BCUT2D eigenvalue weighted by molar-refractivity contribution is 0.0649. The standard InChI is InChI=1S/C22H14O6/c1-22-12(19(26)16-10(21(22)28)5-3-7-14(16)24)8-11-17(22)20(27)15-9(18(11)25)4-2-6-13(15)23/h2-7,12,23-24H,8H2,1H3/t12-,22-/m0/s1. The number of hydrogen-bond donors (Lipinski definition) is 2. The topological polar surface area (TPSA) is 109 Å². The van der Waals surface area contributed by atoms with E-state index in [0.717, 1.165) is 0 Å². The van der Waals surface area contributed by atoms with Crippen LogP contribution in [0.4, 0.5) is 0 Å². The van der Waals surface area contributed by atoms with Crippen molar-refractivity contribution in [1.82, 2.24) is 0 Å². The second-order valence-electron chi connectivity index (χ2n) is 7.56. The van der Waals surface area contributed by atoms with Crippen molar-refractivity contribution < 1.29 is 29.4 Å². The molecule has 6 heteroatoms. The Labute approximate surface area is 159 Å². The van der Waals surface area contributed by atoms with Gasteiger partial charge in [-0.3, -0.25) is 19.2 Å². The molecule has 5 rings (SSSR count). The van der Waals surface area contributed by atoms with Gasteiger partial charge < -0.3 is 10.2 Å². The molecule has 28 heavy (non-hydrogen) atoms. The highest BCUT2D eigenvalue weighted by Gasteiger charge is 2.61. The number of carbonyl (C=O) groups excluding carboxylic acids is 4. The molecule has 0 unspecified atom stereocenters. The van der Waals surface area contributed by atoms with Crippen LogP contribution in [-0.2, 0) is 0 Å². The number of benzene rings is 2. The number of rotatable bonds is 0. The Hall–Kier alpha value is -3.54. The van der Waals surface area contributed by atoms with E-state index in [1.165, 1.54) is 43.3 Å². The molecular weight excluding hydrogens is 360 g/mol. The molecule has 0 heterocycles. The minimum atomic E-state index is -1.51. The number of allylic oxidation sites excluding steroid dienone is 2. The van der Waals surface area contributed by atoms with E-state index in [-0.39, 0.29) is 51.3 Å². The van der Waals surface area contributed by atoms with E-state index >= 15 is 0 Å². The predicted molar refractivity (Wildman–Crippen MR) is 96.8 cm³/mol. The molecule has 3 aliphatic rings. The van der Waals surface area contributed by atoms with Crippen molar-refractivity contribution in [3.63, 3.8) is 0 Å². The molecule has 2 aromatic rings. The SMILES string of the molecule is C[C@]12C(=O)c3cccc(O)c3C(=O)[C@@H]1CC1=C2C(=O)c2c(O)cccc2C1=O. The average Bonchev–Trinajstić information content (AvgIpc) is 2.99. The fourth-order valence-electron chi connectivity index (χ4n) is 4.90. The molecule has 2 atom stereocenters. The first-order chi connectivity index (χ1) is 13.3. The number of fused-ring (bicyclic) bond motifs is 4. The van der Waals surface area contributed by atoms with Crippen LogP contribution in [0.15, 0.2) is 47.5 Å². The molecule has 138 valence electrons. The van der Waals surface area contributed by atoms with Gasteiger partial charge in [-0.15, -0.1) is 0 Å². The summed E-state index contributed by atoms with van der Waals surface area (Å²) in [7, 11) is 0. The van der Waals surface area contributed by atoms with E-state index < -0.39 is 34.5 Å². The van der Waals surface area contributed by atoms with Crippen LogP contribution in [0.25, 0.3) is 0 Å². The van der Waals surface area contributed by atoms with Gasteiger partial charge in [0, 0.05) is 28.2 Å². The van der Waals surface area contributed by atoms with Gasteiger partial charge in [0.05, 0.1) is 16.5 Å². The van der Waals surface area contributed by atoms with Crippen LogP contribution in [0.1, 0.15) is 54.8 Å². The monoisotopic (exact) mass is 374 g/mol. The van der Waals surface area contributed by atoms with Crippen LogP contribution >= 0.6 is 0 Å². The van der Waals surface area contributed by atoms with Crippen LogP contribution in [0.3, 0.4) is 0 Å². The van der Waals surface area contributed by atoms with Gasteiger partial charge in [-0.1, -0.05) is 24.3 Å². The predicted octanol–water partition coefficient (Wildman–Crippen LogP) is 2.88. The number of phenols is 2. The Morgan fingerprint density at radius 1 is 0.857 bits per heavy atom. The van der Waals surface area contributed by atoms with Gasteiger partial charge in [-0.25, -0.2) is 0 Å². The highest BCUT2D eigenvalue weighted by molar-refractivity contribution is 6.33. The molecule has 2 N–H and O–H groups in total. The molecule has 0 saturated carbocycles. The first kappa shape index (κ1) is 16.6. The molecule has 3 aliphatic carbocycles. The molecule has 0 radical (unpaired) electrons. The van der Waals surface area contributed by atoms with E-state index in [1.807, 2.05) is 0 Å². The molecular formula is C22H14O6. The molecule has 0 spiro atoms. The second-order valence-corrected chi connectivity index (χ2v) is 7.56. The summed E-state index contributed by atoms with van der Waals surface area (Å²) in [6.07, 6.45) is -0.0517. The maximum Gasteiger partial charge on any atom is 0.194 e. The zero-order chi connectivity index (χ0) is 20.0. The zero-order valence-corrected chi connectivity index (χ0v) is 14.8. The van der Waals surface area contributed by atoms with Crippen LogP contribution in [0.2, 0.25) is 0 Å². The van der Waals surface area contributed by atoms with Gasteiger partial charge in [0.2, 0.25) is 0 Å². The second kappa shape index (κ2) is 5.04. The largest absolute Gasteiger partial charge is 0.507 e. The van der Waals surface area contributed by atoms with Gasteiger partial charge in [0.15, 0.2) is 23.1 Å². The van der Waals surface area contributed by atoms with Crippen LogP contribution in [0.5, 0.6) is 11.5 Å². The normalized spacial score (nSPS) is 25.4. The summed E-state index contributed by atoms with van der Waals surface area (Å²) in [5.74, 6) is -3.56. The smallest absolute Gasteiger partial charge is 0.194 e. The minimum Gasteiger partial charge on any atom is -0.507 e. The summed E-state index contributed by atoms with van der Waals surface area (Å²) in [6, 6.07) is 8.47. The third kappa shape index (κ3) is 1.68. The van der Waals surface area contributed by atoms with E-state index in [2.05, 4.69) is 0 Å². The molecule has 0 aliphatic heterocycles. The molecule has 0 aromatic heterocycles. The van der Waals surface area contributed by atoms with Crippen molar-refractivity contribution in [3.05, 3.63) is 69.8 Å². The Kier molecular flexibility index (Phi) is 2.99. The summed E-state index contributed by atoms with van der Waals surface area (Å²) >= 11 is 0. The summed E-state index contributed by atoms with van der Waals surface area (Å²) in [4.78, 5) is 52.9.